The standard InChI is InChI=1S/C15H20ClFN2O/c1-10(12-3-4-14(17)13(16)8-12)19-15(20)5-2-11-6-7-18-9-11/h3-4,8,10-11,18H,2,5-7,9H2,1H3,(H,19,20). The molecular formula is C15H20ClFN2O. The van der Waals surface area contributed by atoms with E-state index in [9.17, 15) is 9.18 Å². The van der Waals surface area contributed by atoms with Crippen LogP contribution in [0.2, 0.25) is 5.02 Å². The Hall–Kier alpha value is -1.13. The number of nitrogens with one attached hydrogen (secondary N) is 2. The number of amides is 1. The summed E-state index contributed by atoms with van der Waals surface area (Å²) in [6.45, 7) is 3.94. The van der Waals surface area contributed by atoms with E-state index in [-0.39, 0.29) is 17.0 Å². The van der Waals surface area contributed by atoms with Gasteiger partial charge in [0, 0.05) is 6.42 Å². The molecule has 0 spiro atoms. The maximum absolute atomic E-state index is 13.1. The van der Waals surface area contributed by atoms with Crippen molar-refractivity contribution in [3.8, 4) is 0 Å². The van der Waals surface area contributed by atoms with Gasteiger partial charge in [-0.2, -0.15) is 0 Å². The highest BCUT2D eigenvalue weighted by molar-refractivity contribution is 6.30. The lowest BCUT2D eigenvalue weighted by atomic mass is 10.0. The minimum atomic E-state index is -0.442. The summed E-state index contributed by atoms with van der Waals surface area (Å²) in [5.74, 6) is 0.198. The molecule has 110 valence electrons. The van der Waals surface area contributed by atoms with Gasteiger partial charge in [0.1, 0.15) is 5.82 Å². The molecule has 5 heteroatoms. The average molecular weight is 299 g/mol. The molecule has 2 rings (SSSR count). The maximum Gasteiger partial charge on any atom is 0.220 e. The average Bonchev–Trinajstić information content (AvgIpc) is 2.92. The molecule has 1 heterocycles. The molecule has 3 nitrogen and oxygen atoms in total. The van der Waals surface area contributed by atoms with Crippen molar-refractivity contribution >= 4 is 17.5 Å². The Bertz CT molecular complexity index is 475. The van der Waals surface area contributed by atoms with E-state index in [2.05, 4.69) is 10.6 Å². The van der Waals surface area contributed by atoms with Crippen molar-refractivity contribution < 1.29 is 9.18 Å². The molecule has 0 bridgehead atoms. The summed E-state index contributed by atoms with van der Waals surface area (Å²) < 4.78 is 13.1. The normalized spacial score (nSPS) is 19.9. The third-order valence-electron chi connectivity index (χ3n) is 3.76. The van der Waals surface area contributed by atoms with Crippen LogP contribution in [-0.2, 0) is 4.79 Å². The minimum absolute atomic E-state index is 0.0323. The van der Waals surface area contributed by atoms with E-state index in [1.807, 2.05) is 6.92 Å². The molecule has 20 heavy (non-hydrogen) atoms. The Morgan fingerprint density at radius 2 is 2.40 bits per heavy atom. The molecule has 1 aliphatic heterocycles. The van der Waals surface area contributed by atoms with Crippen molar-refractivity contribution in [3.63, 3.8) is 0 Å². The molecule has 2 N–H and O–H groups in total. The second-order valence-corrected chi connectivity index (χ2v) is 5.77. The lowest BCUT2D eigenvalue weighted by molar-refractivity contribution is -0.122. The summed E-state index contributed by atoms with van der Waals surface area (Å²) in [5, 5.41) is 6.30. The van der Waals surface area contributed by atoms with Crippen LogP contribution in [0, 0.1) is 11.7 Å². The summed E-state index contributed by atoms with van der Waals surface area (Å²) in [6, 6.07) is 4.36. The van der Waals surface area contributed by atoms with Crippen molar-refractivity contribution in [2.45, 2.75) is 32.2 Å². The zero-order valence-electron chi connectivity index (χ0n) is 11.6. The maximum atomic E-state index is 13.1. The number of carbonyl (C=O) groups excluding carboxylic acids is 1. The highest BCUT2D eigenvalue weighted by atomic mass is 35.5. The van der Waals surface area contributed by atoms with Gasteiger partial charge >= 0.3 is 0 Å². The highest BCUT2D eigenvalue weighted by Crippen LogP contribution is 2.21. The van der Waals surface area contributed by atoms with E-state index in [1.54, 1.807) is 12.1 Å². The van der Waals surface area contributed by atoms with E-state index in [4.69, 9.17) is 11.6 Å². The van der Waals surface area contributed by atoms with Crippen LogP contribution >= 0.6 is 11.6 Å². The number of halogens is 2. The summed E-state index contributed by atoms with van der Waals surface area (Å²) in [5.41, 5.74) is 0.812. The van der Waals surface area contributed by atoms with Crippen LogP contribution in [0.4, 0.5) is 4.39 Å². The van der Waals surface area contributed by atoms with E-state index >= 15 is 0 Å². The molecule has 2 atom stereocenters. The molecule has 0 aliphatic carbocycles. The Labute approximate surface area is 123 Å². The number of hydrogen-bond acceptors (Lipinski definition) is 2. The lowest BCUT2D eigenvalue weighted by Crippen LogP contribution is -2.27. The summed E-state index contributed by atoms with van der Waals surface area (Å²) in [4.78, 5) is 11.9. The van der Waals surface area contributed by atoms with Crippen molar-refractivity contribution in [1.82, 2.24) is 10.6 Å². The predicted molar refractivity (Wildman–Crippen MR) is 78.2 cm³/mol. The van der Waals surface area contributed by atoms with Crippen molar-refractivity contribution in [2.75, 3.05) is 13.1 Å². The quantitative estimate of drug-likeness (QED) is 0.877. The van der Waals surface area contributed by atoms with Gasteiger partial charge in [0.05, 0.1) is 11.1 Å². The van der Waals surface area contributed by atoms with Gasteiger partial charge < -0.3 is 10.6 Å². The Morgan fingerprint density at radius 3 is 3.05 bits per heavy atom. The zero-order valence-corrected chi connectivity index (χ0v) is 12.3. The van der Waals surface area contributed by atoms with Crippen LogP contribution in [0.3, 0.4) is 0 Å². The first-order valence-corrected chi connectivity index (χ1v) is 7.39. The first-order valence-electron chi connectivity index (χ1n) is 7.01. The number of carbonyl (C=O) groups is 1. The Morgan fingerprint density at radius 1 is 1.60 bits per heavy atom. The molecule has 1 aromatic carbocycles. The molecule has 1 aromatic rings. The van der Waals surface area contributed by atoms with E-state index in [0.29, 0.717) is 12.3 Å². The monoisotopic (exact) mass is 298 g/mol. The minimum Gasteiger partial charge on any atom is -0.350 e. The first-order chi connectivity index (χ1) is 9.56. The Balaban J connectivity index is 1.81. The number of rotatable bonds is 5. The third-order valence-corrected chi connectivity index (χ3v) is 4.05. The summed E-state index contributed by atoms with van der Waals surface area (Å²) in [6.07, 6.45) is 2.59. The number of benzene rings is 1. The molecule has 0 aromatic heterocycles. The summed E-state index contributed by atoms with van der Waals surface area (Å²) >= 11 is 5.75. The molecule has 1 aliphatic rings. The number of hydrogen-bond donors (Lipinski definition) is 2. The molecule has 0 radical (unpaired) electrons. The smallest absolute Gasteiger partial charge is 0.220 e. The van der Waals surface area contributed by atoms with Crippen molar-refractivity contribution in [3.05, 3.63) is 34.6 Å². The van der Waals surface area contributed by atoms with Gasteiger partial charge in [0.25, 0.3) is 0 Å². The topological polar surface area (TPSA) is 41.1 Å². The van der Waals surface area contributed by atoms with E-state index in [0.717, 1.165) is 31.5 Å². The van der Waals surface area contributed by atoms with Gasteiger partial charge in [-0.1, -0.05) is 17.7 Å². The van der Waals surface area contributed by atoms with Crippen molar-refractivity contribution in [2.24, 2.45) is 5.92 Å². The molecule has 0 saturated carbocycles. The SMILES string of the molecule is CC(NC(=O)CCC1CCNC1)c1ccc(F)c(Cl)c1. The van der Waals surface area contributed by atoms with Crippen LogP contribution in [-0.4, -0.2) is 19.0 Å². The molecular weight excluding hydrogens is 279 g/mol. The van der Waals surface area contributed by atoms with Crippen LogP contribution < -0.4 is 10.6 Å². The molecule has 1 saturated heterocycles. The second kappa shape index (κ2) is 7.04. The fourth-order valence-electron chi connectivity index (χ4n) is 2.47. The van der Waals surface area contributed by atoms with Crippen LogP contribution in [0.5, 0.6) is 0 Å². The van der Waals surface area contributed by atoms with Crippen molar-refractivity contribution in [1.29, 1.82) is 0 Å². The van der Waals surface area contributed by atoms with Gasteiger partial charge in [-0.15, -0.1) is 0 Å². The van der Waals surface area contributed by atoms with Gasteiger partial charge in [-0.05, 0) is 56.5 Å². The first kappa shape index (κ1) is 15.3. The fourth-order valence-corrected chi connectivity index (χ4v) is 2.66. The van der Waals surface area contributed by atoms with Crippen LogP contribution in [0.15, 0.2) is 18.2 Å². The van der Waals surface area contributed by atoms with E-state index < -0.39 is 5.82 Å². The van der Waals surface area contributed by atoms with Gasteiger partial charge in [0.15, 0.2) is 0 Å². The second-order valence-electron chi connectivity index (χ2n) is 5.36. The largest absolute Gasteiger partial charge is 0.350 e. The van der Waals surface area contributed by atoms with Crippen LogP contribution in [0.25, 0.3) is 0 Å². The highest BCUT2D eigenvalue weighted by Gasteiger charge is 2.17. The summed E-state index contributed by atoms with van der Waals surface area (Å²) in [7, 11) is 0. The van der Waals surface area contributed by atoms with Crippen LogP contribution in [0.1, 0.15) is 37.8 Å². The molecule has 2 unspecified atom stereocenters. The fraction of sp³-hybridized carbons (Fsp3) is 0.533. The van der Waals surface area contributed by atoms with Gasteiger partial charge in [-0.25, -0.2) is 4.39 Å². The molecule has 1 fully saturated rings. The predicted octanol–water partition coefficient (Wildman–Crippen LogP) is 3.05. The lowest BCUT2D eigenvalue weighted by Gasteiger charge is -2.15. The van der Waals surface area contributed by atoms with Gasteiger partial charge in [0.2, 0.25) is 5.91 Å². The Kier molecular flexibility index (Phi) is 5.38. The van der Waals surface area contributed by atoms with Gasteiger partial charge in [-0.3, -0.25) is 4.79 Å². The zero-order chi connectivity index (χ0) is 14.5. The third kappa shape index (κ3) is 4.18. The molecule has 1 amide bonds. The van der Waals surface area contributed by atoms with E-state index in [1.165, 1.54) is 6.07 Å².